The fourth-order valence-corrected chi connectivity index (χ4v) is 8.99. The second kappa shape index (κ2) is 22.7. The molecular weight excluding hydrogens is 1090 g/mol. The molecule has 24 heteroatoms. The van der Waals surface area contributed by atoms with Crippen LogP contribution in [0.4, 0.5) is 38.9 Å². The fourth-order valence-electron chi connectivity index (χ4n) is 8.05. The lowest BCUT2D eigenvalue weighted by molar-refractivity contribution is 0.576. The SMILES string of the molecule is CCc1c(-c2cc(Nc3cc(C)n(CC)n3)c(=O)n(C)c2)ccnc1-n1ncc2cc(C(C)(C)C)cc(F)c2c1=O.CCn1nc(Nc2cc(Br)nn(C)c2=O)cc1C.Cc1cc(Nc2cc(Br)nn(C)c2=O)n[nH]1. The van der Waals surface area contributed by atoms with Crippen molar-refractivity contribution in [2.75, 3.05) is 16.0 Å². The van der Waals surface area contributed by atoms with E-state index in [1.165, 1.54) is 26.2 Å². The number of aryl methyl sites for hydroxylation is 8. The molecule has 9 rings (SSSR count). The molecule has 4 N–H and O–H groups in total. The monoisotopic (exact) mass is 1150 g/mol. The highest BCUT2D eigenvalue weighted by molar-refractivity contribution is 9.10. The maximum Gasteiger partial charge on any atom is 0.290 e. The number of halogens is 3. The molecule has 9 aromatic rings. The summed E-state index contributed by atoms with van der Waals surface area (Å²) in [4.78, 5) is 54.7. The van der Waals surface area contributed by atoms with Gasteiger partial charge in [0, 0.05) is 111 Å². The Hall–Kier alpha value is -7.86. The van der Waals surface area contributed by atoms with Gasteiger partial charge in [0.1, 0.15) is 32.1 Å². The zero-order chi connectivity index (χ0) is 54.6. The standard InChI is InChI=1S/C31H34FN7O2.C11H14BrN5O.C9H10BrN5O/c1-8-22-23(20-14-25(29(40)37(7)17-20)35-26-12-18(3)38(9-2)36-26)10-11-33-28(22)39-30(41)27-19(16-34-39)13-21(15-24(27)32)31(4,5)6;1-4-17-7(2)5-10(15-17)13-8-6-9(12)14-16(3)11(8)18;1-5-3-8(13-12-5)11-6-4-7(10)14-15(2)9(6)16/h10-17H,8-9H2,1-7H3,(H,35,36);5-6H,4H2,1-3H3,(H,13,15);3-4H,1-2H3,(H2,11,12,13). The van der Waals surface area contributed by atoms with Crippen LogP contribution in [0.15, 0.2) is 102 Å². The summed E-state index contributed by atoms with van der Waals surface area (Å²) in [5, 5.41) is 37.5. The lowest BCUT2D eigenvalue weighted by Gasteiger charge is -2.20. The molecule has 0 saturated heterocycles. The maximum absolute atomic E-state index is 15.3. The van der Waals surface area contributed by atoms with Crippen molar-refractivity contribution in [1.29, 1.82) is 0 Å². The highest BCUT2D eigenvalue weighted by Crippen LogP contribution is 2.30. The zero-order valence-corrected chi connectivity index (χ0v) is 46.8. The van der Waals surface area contributed by atoms with Crippen LogP contribution < -0.4 is 38.2 Å². The Morgan fingerprint density at radius 1 is 0.680 bits per heavy atom. The number of hydrogen-bond acceptors (Lipinski definition) is 14. The summed E-state index contributed by atoms with van der Waals surface area (Å²) in [5.41, 5.74) is 5.77. The summed E-state index contributed by atoms with van der Waals surface area (Å²) in [6.07, 6.45) is 5.36. The van der Waals surface area contributed by atoms with E-state index < -0.39 is 11.4 Å². The summed E-state index contributed by atoms with van der Waals surface area (Å²) in [6.45, 7) is 19.3. The van der Waals surface area contributed by atoms with E-state index in [4.69, 9.17) is 0 Å². The second-order valence-corrected chi connectivity index (χ2v) is 20.1. The lowest BCUT2D eigenvalue weighted by Crippen LogP contribution is -2.25. The Labute approximate surface area is 447 Å². The number of aromatic amines is 1. The van der Waals surface area contributed by atoms with Gasteiger partial charge in [0.2, 0.25) is 0 Å². The predicted molar refractivity (Wildman–Crippen MR) is 297 cm³/mol. The third kappa shape index (κ3) is 12.4. The molecule has 8 aromatic heterocycles. The third-order valence-corrected chi connectivity index (χ3v) is 12.7. The molecule has 0 aliphatic carbocycles. The molecule has 392 valence electrons. The topological polar surface area (TPSA) is 240 Å². The van der Waals surface area contributed by atoms with Crippen molar-refractivity contribution >= 4 is 77.1 Å². The van der Waals surface area contributed by atoms with Gasteiger partial charge in [-0.3, -0.25) is 33.6 Å². The number of nitrogens with one attached hydrogen (secondary N) is 4. The van der Waals surface area contributed by atoms with Crippen LogP contribution in [-0.4, -0.2) is 68.7 Å². The van der Waals surface area contributed by atoms with Crippen LogP contribution in [0.2, 0.25) is 0 Å². The number of fused-ring (bicyclic) bond motifs is 1. The molecule has 0 bridgehead atoms. The second-order valence-electron chi connectivity index (χ2n) is 18.5. The van der Waals surface area contributed by atoms with E-state index in [1.807, 2.05) is 102 Å². The number of rotatable bonds is 11. The molecule has 0 spiro atoms. The van der Waals surface area contributed by atoms with Crippen LogP contribution in [0.1, 0.15) is 69.8 Å². The molecule has 21 nitrogen and oxygen atoms in total. The smallest absolute Gasteiger partial charge is 0.290 e. The average molecular weight is 1150 g/mol. The molecule has 0 unspecified atom stereocenters. The number of benzene rings is 1. The van der Waals surface area contributed by atoms with Crippen LogP contribution in [0.5, 0.6) is 0 Å². The minimum absolute atomic E-state index is 0.0299. The molecule has 0 atom stereocenters. The van der Waals surface area contributed by atoms with E-state index in [1.54, 1.807) is 51.7 Å². The quantitative estimate of drug-likeness (QED) is 0.0949. The van der Waals surface area contributed by atoms with Crippen molar-refractivity contribution in [2.24, 2.45) is 21.1 Å². The minimum atomic E-state index is -0.586. The van der Waals surface area contributed by atoms with E-state index in [-0.39, 0.29) is 27.5 Å². The van der Waals surface area contributed by atoms with Gasteiger partial charge in [-0.15, -0.1) is 0 Å². The molecular formula is C51H58Br2FN17O4. The molecule has 0 aliphatic heterocycles. The van der Waals surface area contributed by atoms with Gasteiger partial charge in [-0.05, 0) is 114 Å². The maximum atomic E-state index is 15.3. The highest BCUT2D eigenvalue weighted by atomic mass is 79.9. The number of H-pyrrole nitrogens is 1. The first-order chi connectivity index (χ1) is 35.5. The Morgan fingerprint density at radius 2 is 1.23 bits per heavy atom. The molecule has 0 fully saturated rings. The Kier molecular flexibility index (Phi) is 16.6. The molecule has 1 aromatic carbocycles. The minimum Gasteiger partial charge on any atom is -0.334 e. The lowest BCUT2D eigenvalue weighted by atomic mass is 9.86. The van der Waals surface area contributed by atoms with Crippen molar-refractivity contribution in [3.05, 3.63) is 158 Å². The summed E-state index contributed by atoms with van der Waals surface area (Å²) >= 11 is 6.48. The normalized spacial score (nSPS) is 11.2. The van der Waals surface area contributed by atoms with Gasteiger partial charge in [-0.1, -0.05) is 27.7 Å². The first-order valence-electron chi connectivity index (χ1n) is 23.8. The molecule has 0 aliphatic rings. The number of anilines is 6. The van der Waals surface area contributed by atoms with Crippen LogP contribution in [0.3, 0.4) is 0 Å². The van der Waals surface area contributed by atoms with E-state index in [0.717, 1.165) is 57.1 Å². The van der Waals surface area contributed by atoms with Gasteiger partial charge >= 0.3 is 0 Å². The Bertz CT molecular complexity index is 3820. The fraction of sp³-hybridized carbons (Fsp3) is 0.314. The first-order valence-corrected chi connectivity index (χ1v) is 25.4. The van der Waals surface area contributed by atoms with Crippen LogP contribution >= 0.6 is 31.9 Å². The van der Waals surface area contributed by atoms with Gasteiger partial charge in [0.15, 0.2) is 23.3 Å². The van der Waals surface area contributed by atoms with E-state index in [9.17, 15) is 19.2 Å². The molecule has 0 radical (unpaired) electrons. The summed E-state index contributed by atoms with van der Waals surface area (Å²) in [7, 11) is 4.88. The summed E-state index contributed by atoms with van der Waals surface area (Å²) in [5.74, 6) is 1.57. The summed E-state index contributed by atoms with van der Waals surface area (Å²) in [6, 6.07) is 15.7. The number of nitrogens with zero attached hydrogens (tertiary/aromatic N) is 13. The van der Waals surface area contributed by atoms with Gasteiger partial charge in [0.25, 0.3) is 22.2 Å². The van der Waals surface area contributed by atoms with Gasteiger partial charge in [0.05, 0.1) is 11.6 Å². The van der Waals surface area contributed by atoms with Crippen LogP contribution in [-0.2, 0) is 46.1 Å². The van der Waals surface area contributed by atoms with Crippen molar-refractivity contribution < 1.29 is 4.39 Å². The van der Waals surface area contributed by atoms with Crippen molar-refractivity contribution in [2.45, 2.75) is 87.2 Å². The van der Waals surface area contributed by atoms with Gasteiger partial charge in [-0.25, -0.2) is 18.7 Å². The van der Waals surface area contributed by atoms with Crippen LogP contribution in [0, 0.1) is 26.6 Å². The number of pyridine rings is 2. The largest absolute Gasteiger partial charge is 0.334 e. The Balaban J connectivity index is 0.000000197. The number of aromatic nitrogens is 14. The van der Waals surface area contributed by atoms with Gasteiger partial charge < -0.3 is 20.5 Å². The van der Waals surface area contributed by atoms with Crippen molar-refractivity contribution in [1.82, 2.24) is 68.7 Å². The van der Waals surface area contributed by atoms with Crippen molar-refractivity contribution in [3.8, 4) is 16.9 Å². The zero-order valence-electron chi connectivity index (χ0n) is 43.6. The Morgan fingerprint density at radius 3 is 1.72 bits per heavy atom. The van der Waals surface area contributed by atoms with E-state index in [0.29, 0.717) is 61.3 Å². The molecule has 0 saturated carbocycles. The highest BCUT2D eigenvalue weighted by Gasteiger charge is 2.22. The molecule has 75 heavy (non-hydrogen) atoms. The molecule has 0 amide bonds. The first kappa shape index (κ1) is 54.9. The summed E-state index contributed by atoms with van der Waals surface area (Å²) < 4.78 is 25.4. The van der Waals surface area contributed by atoms with Crippen molar-refractivity contribution in [3.63, 3.8) is 0 Å². The van der Waals surface area contributed by atoms with Gasteiger partial charge in [-0.2, -0.15) is 35.3 Å². The third-order valence-electron chi connectivity index (χ3n) is 11.9. The predicted octanol–water partition coefficient (Wildman–Crippen LogP) is 8.54. The van der Waals surface area contributed by atoms with E-state index >= 15 is 4.39 Å². The average Bonchev–Trinajstić information content (AvgIpc) is 4.06. The van der Waals surface area contributed by atoms with Crippen LogP contribution in [0.25, 0.3) is 27.7 Å². The van der Waals surface area contributed by atoms with E-state index in [2.05, 4.69) is 88.5 Å². The molecule has 8 heterocycles. The number of hydrogen-bond donors (Lipinski definition) is 4.